The molecule has 2 N–H and O–H groups in total. The highest BCUT2D eigenvalue weighted by Gasteiger charge is 2.09. The van der Waals surface area contributed by atoms with Gasteiger partial charge in [0.2, 0.25) is 11.8 Å². The molecule has 3 rings (SSSR count). The van der Waals surface area contributed by atoms with E-state index in [0.29, 0.717) is 18.1 Å². The van der Waals surface area contributed by atoms with Gasteiger partial charge in [-0.1, -0.05) is 35.9 Å². The Labute approximate surface area is 172 Å². The van der Waals surface area contributed by atoms with E-state index in [2.05, 4.69) is 15.6 Å². The van der Waals surface area contributed by atoms with Crippen LogP contribution in [-0.2, 0) is 16.1 Å². The van der Waals surface area contributed by atoms with Crippen LogP contribution < -0.4 is 10.6 Å². The first-order valence-corrected chi connectivity index (χ1v) is 10.2. The normalized spacial score (nSPS) is 10.6. The molecule has 0 spiro atoms. The molecule has 7 heteroatoms. The number of nitrogens with one attached hydrogen (secondary N) is 2. The van der Waals surface area contributed by atoms with E-state index in [4.69, 9.17) is 11.6 Å². The van der Waals surface area contributed by atoms with Crippen molar-refractivity contribution >= 4 is 45.9 Å². The first kappa shape index (κ1) is 20.2. The molecular formula is C21H20ClN3O2S. The van der Waals surface area contributed by atoms with Crippen molar-refractivity contribution in [1.29, 1.82) is 0 Å². The number of halogens is 1. The molecule has 144 valence electrons. The van der Waals surface area contributed by atoms with Gasteiger partial charge in [-0.3, -0.25) is 14.6 Å². The van der Waals surface area contributed by atoms with E-state index in [9.17, 15) is 9.59 Å². The van der Waals surface area contributed by atoms with Gasteiger partial charge in [-0.25, -0.2) is 0 Å². The molecule has 0 aliphatic carbocycles. The maximum Gasteiger partial charge on any atom is 0.230 e. The number of pyridine rings is 1. The van der Waals surface area contributed by atoms with Gasteiger partial charge in [-0.05, 0) is 35.2 Å². The molecule has 0 bridgehead atoms. The van der Waals surface area contributed by atoms with E-state index in [1.54, 1.807) is 12.4 Å². The number of fused-ring (bicyclic) bond motifs is 1. The fourth-order valence-electron chi connectivity index (χ4n) is 2.68. The first-order valence-electron chi connectivity index (χ1n) is 8.86. The van der Waals surface area contributed by atoms with E-state index in [-0.39, 0.29) is 24.0 Å². The quantitative estimate of drug-likeness (QED) is 0.551. The lowest BCUT2D eigenvalue weighted by molar-refractivity contribution is -0.121. The Bertz CT molecular complexity index is 961. The van der Waals surface area contributed by atoms with E-state index < -0.39 is 0 Å². The summed E-state index contributed by atoms with van der Waals surface area (Å²) >= 11 is 7.74. The summed E-state index contributed by atoms with van der Waals surface area (Å²) in [6.07, 6.45) is 3.60. The van der Waals surface area contributed by atoms with Crippen molar-refractivity contribution in [3.05, 3.63) is 71.5 Å². The van der Waals surface area contributed by atoms with Gasteiger partial charge in [-0.15, -0.1) is 11.8 Å². The standard InChI is InChI=1S/C21H20ClN3O2S/c22-17-5-1-3-16-4-2-6-18(21(16)17)28-14-20(27)24-12-9-19(26)25-13-15-7-10-23-11-8-15/h1-8,10-11H,9,12-14H2,(H,24,27)(H,25,26). The van der Waals surface area contributed by atoms with Crippen molar-refractivity contribution in [2.45, 2.75) is 17.9 Å². The highest BCUT2D eigenvalue weighted by Crippen LogP contribution is 2.32. The van der Waals surface area contributed by atoms with E-state index in [0.717, 1.165) is 21.2 Å². The summed E-state index contributed by atoms with van der Waals surface area (Å²) in [6, 6.07) is 15.3. The van der Waals surface area contributed by atoms with Gasteiger partial charge in [0, 0.05) is 47.2 Å². The van der Waals surface area contributed by atoms with Gasteiger partial charge in [0.05, 0.1) is 5.75 Å². The monoisotopic (exact) mass is 413 g/mol. The third-order valence-electron chi connectivity index (χ3n) is 4.09. The molecule has 28 heavy (non-hydrogen) atoms. The average Bonchev–Trinajstić information content (AvgIpc) is 2.71. The van der Waals surface area contributed by atoms with Crippen LogP contribution in [0.2, 0.25) is 5.02 Å². The fourth-order valence-corrected chi connectivity index (χ4v) is 3.96. The minimum Gasteiger partial charge on any atom is -0.355 e. The Morgan fingerprint density at radius 1 is 0.964 bits per heavy atom. The molecule has 2 amide bonds. The molecule has 0 aliphatic heterocycles. The molecule has 0 saturated heterocycles. The van der Waals surface area contributed by atoms with Crippen LogP contribution in [-0.4, -0.2) is 29.1 Å². The number of hydrogen-bond acceptors (Lipinski definition) is 4. The smallest absolute Gasteiger partial charge is 0.230 e. The van der Waals surface area contributed by atoms with E-state index >= 15 is 0 Å². The SMILES string of the molecule is O=C(CCNC(=O)CSc1cccc2cccc(Cl)c12)NCc1ccncc1. The Hall–Kier alpha value is -2.57. The molecule has 0 aliphatic rings. The summed E-state index contributed by atoms with van der Waals surface area (Å²) in [6.45, 7) is 0.755. The van der Waals surface area contributed by atoms with Crippen LogP contribution in [0.1, 0.15) is 12.0 Å². The molecule has 0 atom stereocenters. The largest absolute Gasteiger partial charge is 0.355 e. The zero-order valence-electron chi connectivity index (χ0n) is 15.2. The topological polar surface area (TPSA) is 71.1 Å². The Morgan fingerprint density at radius 2 is 1.71 bits per heavy atom. The van der Waals surface area contributed by atoms with Crippen molar-refractivity contribution in [3.8, 4) is 0 Å². The lowest BCUT2D eigenvalue weighted by Crippen LogP contribution is -2.31. The molecule has 1 heterocycles. The Balaban J connectivity index is 1.41. The third kappa shape index (κ3) is 5.71. The fraction of sp³-hybridized carbons (Fsp3) is 0.190. The Morgan fingerprint density at radius 3 is 2.50 bits per heavy atom. The van der Waals surface area contributed by atoms with Crippen LogP contribution in [0.15, 0.2) is 65.8 Å². The summed E-state index contributed by atoms with van der Waals surface area (Å²) in [5, 5.41) is 8.28. The minimum atomic E-state index is -0.115. The number of thioether (sulfide) groups is 1. The number of aromatic nitrogens is 1. The second-order valence-corrected chi connectivity index (χ2v) is 7.54. The van der Waals surface area contributed by atoms with Crippen LogP contribution in [0.25, 0.3) is 10.8 Å². The zero-order chi connectivity index (χ0) is 19.8. The van der Waals surface area contributed by atoms with Gasteiger partial charge in [0.25, 0.3) is 0 Å². The van der Waals surface area contributed by atoms with Crippen molar-refractivity contribution in [3.63, 3.8) is 0 Å². The summed E-state index contributed by atoms with van der Waals surface area (Å²) in [5.41, 5.74) is 0.984. The average molecular weight is 414 g/mol. The van der Waals surface area contributed by atoms with E-state index in [1.807, 2.05) is 48.5 Å². The molecule has 1 aromatic heterocycles. The predicted molar refractivity (Wildman–Crippen MR) is 113 cm³/mol. The highest BCUT2D eigenvalue weighted by atomic mass is 35.5. The lowest BCUT2D eigenvalue weighted by atomic mass is 10.1. The van der Waals surface area contributed by atoms with Gasteiger partial charge < -0.3 is 10.6 Å². The van der Waals surface area contributed by atoms with Gasteiger partial charge in [0.15, 0.2) is 0 Å². The second kappa shape index (κ2) is 10.1. The Kier molecular flexibility index (Phi) is 7.28. The maximum atomic E-state index is 12.1. The number of amides is 2. The van der Waals surface area contributed by atoms with Crippen molar-refractivity contribution < 1.29 is 9.59 Å². The summed E-state index contributed by atoms with van der Waals surface area (Å²) in [5.74, 6) is 0.0461. The number of carbonyl (C=O) groups excluding carboxylic acids is 2. The maximum absolute atomic E-state index is 12.1. The van der Waals surface area contributed by atoms with E-state index in [1.165, 1.54) is 11.8 Å². The minimum absolute atomic E-state index is 0.106. The number of benzene rings is 2. The molecule has 0 fully saturated rings. The van der Waals surface area contributed by atoms with Crippen LogP contribution in [0, 0.1) is 0 Å². The molecule has 0 saturated carbocycles. The van der Waals surface area contributed by atoms with Crippen LogP contribution in [0.3, 0.4) is 0 Å². The molecular weight excluding hydrogens is 394 g/mol. The van der Waals surface area contributed by atoms with Crippen LogP contribution in [0.4, 0.5) is 0 Å². The zero-order valence-corrected chi connectivity index (χ0v) is 16.7. The summed E-state index contributed by atoms with van der Waals surface area (Å²) in [4.78, 5) is 28.9. The number of rotatable bonds is 8. The van der Waals surface area contributed by atoms with Gasteiger partial charge in [-0.2, -0.15) is 0 Å². The van der Waals surface area contributed by atoms with Gasteiger partial charge in [0.1, 0.15) is 0 Å². The van der Waals surface area contributed by atoms with Crippen LogP contribution >= 0.6 is 23.4 Å². The predicted octanol–water partition coefficient (Wildman–Crippen LogP) is 3.80. The lowest BCUT2D eigenvalue weighted by Gasteiger charge is -2.09. The number of nitrogens with zero attached hydrogens (tertiary/aromatic N) is 1. The van der Waals surface area contributed by atoms with Crippen molar-refractivity contribution in [2.75, 3.05) is 12.3 Å². The van der Waals surface area contributed by atoms with Gasteiger partial charge >= 0.3 is 0 Å². The molecule has 0 unspecified atom stereocenters. The highest BCUT2D eigenvalue weighted by molar-refractivity contribution is 8.00. The molecule has 3 aromatic rings. The number of hydrogen-bond donors (Lipinski definition) is 2. The molecule has 0 radical (unpaired) electrons. The van der Waals surface area contributed by atoms with Crippen LogP contribution in [0.5, 0.6) is 0 Å². The summed E-state index contributed by atoms with van der Waals surface area (Å²) < 4.78 is 0. The van der Waals surface area contributed by atoms with Crippen molar-refractivity contribution in [1.82, 2.24) is 15.6 Å². The molecule has 5 nitrogen and oxygen atoms in total. The molecule has 2 aromatic carbocycles. The number of carbonyl (C=O) groups is 2. The van der Waals surface area contributed by atoms with Crippen molar-refractivity contribution in [2.24, 2.45) is 0 Å². The summed E-state index contributed by atoms with van der Waals surface area (Å²) in [7, 11) is 0. The second-order valence-electron chi connectivity index (χ2n) is 6.11. The first-order chi connectivity index (χ1) is 13.6. The third-order valence-corrected chi connectivity index (χ3v) is 5.46.